The molecule has 0 amide bonds. The van der Waals surface area contributed by atoms with Crippen molar-refractivity contribution in [2.45, 2.75) is 0 Å². The van der Waals surface area contributed by atoms with E-state index in [1.54, 1.807) is 0 Å². The van der Waals surface area contributed by atoms with Crippen LogP contribution < -0.4 is 19.6 Å². The van der Waals surface area contributed by atoms with Gasteiger partial charge in [-0.3, -0.25) is 0 Å². The summed E-state index contributed by atoms with van der Waals surface area (Å²) in [5, 5.41) is 0. The minimum atomic E-state index is 1.06. The van der Waals surface area contributed by atoms with E-state index in [1.165, 1.54) is 55.6 Å². The van der Waals surface area contributed by atoms with Crippen LogP contribution in [-0.2, 0) is 0 Å². The summed E-state index contributed by atoms with van der Waals surface area (Å²) in [6, 6.07) is 180. The maximum atomic E-state index is 2.37. The molecule has 0 heterocycles. The molecule has 19 rings (SSSR count). The van der Waals surface area contributed by atoms with Crippen LogP contribution in [0, 0.1) is 0 Å². The lowest BCUT2D eigenvalue weighted by molar-refractivity contribution is 1.28. The van der Waals surface area contributed by atoms with E-state index in [-0.39, 0.29) is 0 Å². The van der Waals surface area contributed by atoms with Crippen LogP contribution in [0.15, 0.2) is 497 Å². The van der Waals surface area contributed by atoms with E-state index in [2.05, 4.69) is 517 Å². The number of rotatable bonds is 22. The zero-order chi connectivity index (χ0) is 78.8. The monoisotopic (exact) mass is 1510 g/mol. The third-order valence-corrected chi connectivity index (χ3v) is 22.2. The Bertz CT molecular complexity index is 6010. The number of hydrogen-bond acceptors (Lipinski definition) is 4. The van der Waals surface area contributed by atoms with Crippen LogP contribution in [0.3, 0.4) is 0 Å². The quantitative estimate of drug-likeness (QED) is 0.0670. The van der Waals surface area contributed by atoms with Crippen molar-refractivity contribution in [1.29, 1.82) is 0 Å². The lowest BCUT2D eigenvalue weighted by atomic mass is 9.99. The summed E-state index contributed by atoms with van der Waals surface area (Å²) in [6.07, 6.45) is 0. The molecule has 4 nitrogen and oxygen atoms in total. The van der Waals surface area contributed by atoms with Gasteiger partial charge < -0.3 is 19.6 Å². The lowest BCUT2D eigenvalue weighted by Gasteiger charge is -2.27. The second-order valence-electron chi connectivity index (χ2n) is 29.7. The summed E-state index contributed by atoms with van der Waals surface area (Å²) in [6.45, 7) is 0. The molecule has 0 bridgehead atoms. The summed E-state index contributed by atoms with van der Waals surface area (Å²) in [7, 11) is 0. The fourth-order valence-electron chi connectivity index (χ4n) is 16.2. The summed E-state index contributed by atoms with van der Waals surface area (Å²) >= 11 is 0. The second-order valence-corrected chi connectivity index (χ2v) is 29.7. The van der Waals surface area contributed by atoms with Crippen molar-refractivity contribution >= 4 is 68.2 Å². The fourth-order valence-corrected chi connectivity index (χ4v) is 16.2. The maximum Gasteiger partial charge on any atom is 0.0467 e. The SMILES string of the molecule is c1ccc(-c2cccc(N(c3ccc(-c4ccc(-c5ccc(N(c6ccc(-c7ccc(N(c8cccc(-c9ccccc9)c8)c8cccc(-c9ccccc9)c8)cc7)cc6)c6cccc(-c7ccccc7)c6)cc5)cc4)cc3)c3ccc(-c4ccc(N(c5cccc(-c6ccccc6)c5)c5cccc(-c6ccccc6)c5)cc4)cc3)c2)cc1. The molecule has 19 aromatic carbocycles. The van der Waals surface area contributed by atoms with E-state index in [1.807, 2.05) is 0 Å². The predicted octanol–water partition coefficient (Wildman–Crippen LogP) is 32.2. The molecular weight excluding hydrogens is 1430 g/mol. The third-order valence-electron chi connectivity index (χ3n) is 22.2. The zero-order valence-electron chi connectivity index (χ0n) is 65.1. The highest BCUT2D eigenvalue weighted by molar-refractivity contribution is 5.89. The first-order valence-electron chi connectivity index (χ1n) is 40.3. The van der Waals surface area contributed by atoms with E-state index in [4.69, 9.17) is 0 Å². The second kappa shape index (κ2) is 33.6. The van der Waals surface area contributed by atoms with Crippen molar-refractivity contribution in [3.8, 4) is 111 Å². The number of benzene rings is 19. The topological polar surface area (TPSA) is 13.0 Å². The molecular formula is C114H82N4. The van der Waals surface area contributed by atoms with Crippen molar-refractivity contribution in [1.82, 2.24) is 0 Å². The molecule has 0 spiro atoms. The van der Waals surface area contributed by atoms with Gasteiger partial charge in [-0.2, -0.15) is 0 Å². The molecule has 0 aromatic heterocycles. The van der Waals surface area contributed by atoms with Gasteiger partial charge in [-0.15, -0.1) is 0 Å². The Labute approximate surface area is 691 Å². The third kappa shape index (κ3) is 15.8. The summed E-state index contributed by atoms with van der Waals surface area (Å²) in [5.74, 6) is 0. The molecule has 4 heteroatoms. The molecule has 0 fully saturated rings. The summed E-state index contributed by atoms with van der Waals surface area (Å²) in [4.78, 5) is 9.46. The van der Waals surface area contributed by atoms with E-state index in [0.717, 1.165) is 124 Å². The van der Waals surface area contributed by atoms with E-state index < -0.39 is 0 Å². The van der Waals surface area contributed by atoms with Crippen LogP contribution in [0.5, 0.6) is 0 Å². The highest BCUT2D eigenvalue weighted by Crippen LogP contribution is 2.46. The molecule has 0 aliphatic rings. The van der Waals surface area contributed by atoms with Crippen molar-refractivity contribution in [2.75, 3.05) is 19.6 Å². The Hall–Kier alpha value is -15.6. The molecule has 0 N–H and O–H groups in total. The normalized spacial score (nSPS) is 11.1. The van der Waals surface area contributed by atoms with E-state index in [9.17, 15) is 0 Å². The largest absolute Gasteiger partial charge is 0.310 e. The Balaban J connectivity index is 0.587. The highest BCUT2D eigenvalue weighted by Gasteiger charge is 2.22. The summed E-state index contributed by atoms with van der Waals surface area (Å²) < 4.78 is 0. The van der Waals surface area contributed by atoms with Crippen LogP contribution in [0.25, 0.3) is 111 Å². The van der Waals surface area contributed by atoms with Crippen molar-refractivity contribution in [2.24, 2.45) is 0 Å². The van der Waals surface area contributed by atoms with Crippen LogP contribution in [0.2, 0.25) is 0 Å². The Morgan fingerprint density at radius 2 is 0.186 bits per heavy atom. The van der Waals surface area contributed by atoms with Gasteiger partial charge in [-0.1, -0.05) is 352 Å². The van der Waals surface area contributed by atoms with E-state index in [0.29, 0.717) is 0 Å². The van der Waals surface area contributed by atoms with Gasteiger partial charge in [-0.25, -0.2) is 0 Å². The van der Waals surface area contributed by atoms with Gasteiger partial charge in [0, 0.05) is 68.2 Å². The Kier molecular flexibility index (Phi) is 20.7. The first kappa shape index (κ1) is 72.6. The van der Waals surface area contributed by atoms with Gasteiger partial charge in [0.15, 0.2) is 0 Å². The molecule has 0 saturated heterocycles. The summed E-state index contributed by atoms with van der Waals surface area (Å²) in [5.41, 5.74) is 36.0. The predicted molar refractivity (Wildman–Crippen MR) is 500 cm³/mol. The van der Waals surface area contributed by atoms with Crippen LogP contribution in [0.1, 0.15) is 0 Å². The molecule has 0 unspecified atom stereocenters. The van der Waals surface area contributed by atoms with Gasteiger partial charge >= 0.3 is 0 Å². The van der Waals surface area contributed by atoms with Gasteiger partial charge in [0.25, 0.3) is 0 Å². The Morgan fingerprint density at radius 1 is 0.0763 bits per heavy atom. The molecule has 558 valence electrons. The number of hydrogen-bond donors (Lipinski definition) is 0. The van der Waals surface area contributed by atoms with Gasteiger partial charge in [0.2, 0.25) is 0 Å². The van der Waals surface area contributed by atoms with Gasteiger partial charge in [0.1, 0.15) is 0 Å². The van der Waals surface area contributed by atoms with Crippen molar-refractivity contribution in [3.05, 3.63) is 497 Å². The van der Waals surface area contributed by atoms with Crippen molar-refractivity contribution in [3.63, 3.8) is 0 Å². The number of anilines is 12. The lowest BCUT2D eigenvalue weighted by Crippen LogP contribution is -2.10. The molecule has 0 atom stereocenters. The number of nitrogens with zero attached hydrogens (tertiary/aromatic N) is 4. The van der Waals surface area contributed by atoms with Crippen LogP contribution in [0.4, 0.5) is 68.2 Å². The minimum absolute atomic E-state index is 1.06. The average Bonchev–Trinajstić information content (AvgIpc) is 0.793. The molecule has 0 saturated carbocycles. The first-order valence-corrected chi connectivity index (χ1v) is 40.3. The van der Waals surface area contributed by atoms with Crippen LogP contribution in [-0.4, -0.2) is 0 Å². The maximum absolute atomic E-state index is 2.37. The molecule has 118 heavy (non-hydrogen) atoms. The van der Waals surface area contributed by atoms with Gasteiger partial charge in [-0.05, 0) is 257 Å². The van der Waals surface area contributed by atoms with Gasteiger partial charge in [0.05, 0.1) is 0 Å². The smallest absolute Gasteiger partial charge is 0.0467 e. The highest BCUT2D eigenvalue weighted by atomic mass is 15.2. The molecule has 0 aliphatic heterocycles. The minimum Gasteiger partial charge on any atom is -0.310 e. The zero-order valence-corrected chi connectivity index (χ0v) is 65.1. The molecule has 0 radical (unpaired) electrons. The Morgan fingerprint density at radius 3 is 0.331 bits per heavy atom. The first-order chi connectivity index (χ1) is 58.5. The molecule has 0 aliphatic carbocycles. The average molecular weight is 1510 g/mol. The van der Waals surface area contributed by atoms with Crippen LogP contribution >= 0.6 is 0 Å². The fraction of sp³-hybridized carbons (Fsp3) is 0. The molecule has 19 aromatic rings. The van der Waals surface area contributed by atoms with E-state index >= 15 is 0 Å². The standard InChI is InChI=1S/C114H82N4/c1-7-25-83(26-8-1)97-37-19-43-109(77-97)115(105-69-57-93(58-70-105)95-61-73-107(74-62-95)117(111-45-21-39-99(79-111)85-29-11-3-12-30-85)112-46-22-40-100(80-112)86-31-13-4-14-32-86)103-65-53-91(54-66-103)89-49-51-90(52-50-89)92-55-67-104(68-56-92)116(110-44-20-38-98(78-110)84-27-9-2-10-28-84)106-71-59-94(60-72-106)96-63-75-108(76-64-96)118(113-47-23-41-101(81-113)87-33-15-5-16-34-87)114-48-24-42-102(82-114)88-35-17-6-18-36-88/h1-82H. The van der Waals surface area contributed by atoms with Crippen molar-refractivity contribution < 1.29 is 0 Å².